The highest BCUT2D eigenvalue weighted by Crippen LogP contribution is 2.22. The summed E-state index contributed by atoms with van der Waals surface area (Å²) in [5, 5.41) is 6.05. The van der Waals surface area contributed by atoms with Crippen molar-refractivity contribution < 1.29 is 4.79 Å². The van der Waals surface area contributed by atoms with Gasteiger partial charge >= 0.3 is 0 Å². The van der Waals surface area contributed by atoms with E-state index in [4.69, 9.17) is 0 Å². The van der Waals surface area contributed by atoms with Crippen LogP contribution in [0.25, 0.3) is 0 Å². The maximum Gasteiger partial charge on any atom is 0.278 e. The van der Waals surface area contributed by atoms with Gasteiger partial charge in [-0.2, -0.15) is 0 Å². The maximum absolute atomic E-state index is 13.0. The summed E-state index contributed by atoms with van der Waals surface area (Å²) in [6.45, 7) is 5.28. The van der Waals surface area contributed by atoms with Gasteiger partial charge in [0, 0.05) is 30.9 Å². The predicted molar refractivity (Wildman–Crippen MR) is 101 cm³/mol. The first-order valence-corrected chi connectivity index (χ1v) is 8.99. The number of carbonyl (C=O) groups excluding carboxylic acids is 1. The molecule has 0 spiro atoms. The van der Waals surface area contributed by atoms with E-state index in [1.165, 1.54) is 0 Å². The fraction of sp³-hybridized carbons (Fsp3) is 0.278. The van der Waals surface area contributed by atoms with Crippen LogP contribution >= 0.6 is 11.3 Å². The van der Waals surface area contributed by atoms with Gasteiger partial charge in [-0.25, -0.2) is 9.97 Å². The summed E-state index contributed by atoms with van der Waals surface area (Å²) in [5.74, 6) is -0.137. The molecule has 0 atom stereocenters. The van der Waals surface area contributed by atoms with E-state index in [1.54, 1.807) is 33.3 Å². The van der Waals surface area contributed by atoms with Crippen molar-refractivity contribution in [1.29, 1.82) is 0 Å². The van der Waals surface area contributed by atoms with Crippen LogP contribution in [0, 0.1) is 6.92 Å². The molecule has 130 valence electrons. The van der Waals surface area contributed by atoms with E-state index in [2.05, 4.69) is 15.3 Å². The normalized spacial score (nSPS) is 10.7. The van der Waals surface area contributed by atoms with Gasteiger partial charge in [-0.1, -0.05) is 17.7 Å². The minimum atomic E-state index is -0.137. The average Bonchev–Trinajstić information content (AvgIpc) is 3.22. The Kier molecular flexibility index (Phi) is 5.14. The minimum Gasteiger partial charge on any atom is -0.362 e. The van der Waals surface area contributed by atoms with E-state index in [9.17, 15) is 4.79 Å². The zero-order valence-corrected chi connectivity index (χ0v) is 15.4. The summed E-state index contributed by atoms with van der Waals surface area (Å²) in [4.78, 5) is 23.5. The number of carbonyl (C=O) groups is 1. The molecular formula is C18H21N5OS. The van der Waals surface area contributed by atoms with Gasteiger partial charge in [0.15, 0.2) is 5.13 Å². The molecule has 0 saturated carbocycles. The second-order valence-corrected chi connectivity index (χ2v) is 6.68. The van der Waals surface area contributed by atoms with Crippen molar-refractivity contribution in [3.8, 4) is 0 Å². The Morgan fingerprint density at radius 3 is 2.72 bits per heavy atom. The van der Waals surface area contributed by atoms with Crippen molar-refractivity contribution in [2.75, 3.05) is 16.8 Å². The largest absolute Gasteiger partial charge is 0.362 e. The van der Waals surface area contributed by atoms with E-state index in [-0.39, 0.29) is 5.91 Å². The average molecular weight is 355 g/mol. The number of anilines is 2. The molecule has 0 fully saturated rings. The molecule has 0 radical (unpaired) electrons. The number of aromatic nitrogens is 3. The van der Waals surface area contributed by atoms with Crippen molar-refractivity contribution in [2.45, 2.75) is 20.4 Å². The Labute approximate surface area is 151 Å². The molecule has 0 aliphatic heterocycles. The van der Waals surface area contributed by atoms with Gasteiger partial charge in [-0.15, -0.1) is 11.3 Å². The number of aryl methyl sites for hydroxylation is 2. The monoisotopic (exact) mass is 355 g/mol. The highest BCUT2D eigenvalue weighted by atomic mass is 32.1. The van der Waals surface area contributed by atoms with Gasteiger partial charge < -0.3 is 14.8 Å². The van der Waals surface area contributed by atoms with E-state index in [0.29, 0.717) is 12.2 Å². The highest BCUT2D eigenvalue weighted by molar-refractivity contribution is 7.13. The summed E-state index contributed by atoms with van der Waals surface area (Å²) in [7, 11) is 1.85. The third kappa shape index (κ3) is 4.06. The number of hydrogen-bond acceptors (Lipinski definition) is 5. The molecule has 6 nitrogen and oxygen atoms in total. The topological polar surface area (TPSA) is 63.1 Å². The Bertz CT molecular complexity index is 852. The number of imidazole rings is 1. The zero-order valence-electron chi connectivity index (χ0n) is 14.6. The zero-order chi connectivity index (χ0) is 17.8. The van der Waals surface area contributed by atoms with Crippen LogP contribution in [-0.2, 0) is 13.6 Å². The summed E-state index contributed by atoms with van der Waals surface area (Å²) < 4.78 is 1.77. The molecule has 1 aromatic carbocycles. The van der Waals surface area contributed by atoms with Gasteiger partial charge in [0.1, 0.15) is 5.69 Å². The molecule has 2 heterocycles. The van der Waals surface area contributed by atoms with Crippen LogP contribution in [0.15, 0.2) is 42.2 Å². The lowest BCUT2D eigenvalue weighted by Gasteiger charge is -2.21. The van der Waals surface area contributed by atoms with Crippen LogP contribution in [0.5, 0.6) is 0 Å². The van der Waals surface area contributed by atoms with Crippen LogP contribution in [0.3, 0.4) is 0 Å². The summed E-state index contributed by atoms with van der Waals surface area (Å²) >= 11 is 1.55. The van der Waals surface area contributed by atoms with Gasteiger partial charge in [0.05, 0.1) is 18.6 Å². The molecule has 0 bridgehead atoms. The first-order chi connectivity index (χ1) is 12.1. The summed E-state index contributed by atoms with van der Waals surface area (Å²) in [5.41, 5.74) is 3.26. The third-order valence-corrected chi connectivity index (χ3v) is 4.56. The molecule has 0 saturated heterocycles. The molecule has 25 heavy (non-hydrogen) atoms. The number of hydrogen-bond donors (Lipinski definition) is 1. The highest BCUT2D eigenvalue weighted by Gasteiger charge is 2.21. The van der Waals surface area contributed by atoms with Crippen LogP contribution in [0.2, 0.25) is 0 Å². The second kappa shape index (κ2) is 7.48. The quantitative estimate of drug-likeness (QED) is 0.735. The number of thiazole rings is 1. The van der Waals surface area contributed by atoms with E-state index >= 15 is 0 Å². The molecule has 2 aromatic heterocycles. The van der Waals surface area contributed by atoms with Gasteiger partial charge in [0.25, 0.3) is 5.91 Å². The van der Waals surface area contributed by atoms with Crippen LogP contribution in [0.4, 0.5) is 10.8 Å². The lowest BCUT2D eigenvalue weighted by atomic mass is 10.2. The molecule has 1 N–H and O–H groups in total. The first-order valence-electron chi connectivity index (χ1n) is 8.11. The molecule has 0 aliphatic carbocycles. The Morgan fingerprint density at radius 1 is 1.32 bits per heavy atom. The lowest BCUT2D eigenvalue weighted by Crippen LogP contribution is -2.30. The Balaban J connectivity index is 1.90. The smallest absolute Gasteiger partial charge is 0.278 e. The molecule has 1 amide bonds. The molecule has 0 aliphatic rings. The number of nitrogens with one attached hydrogen (secondary N) is 1. The molecular weight excluding hydrogens is 334 g/mol. The molecule has 0 unspecified atom stereocenters. The standard InChI is InChI=1S/C18H21N5OS/c1-4-19-18-21-14(11-25-18)9-23(15-7-5-13(2)6-8-15)17(24)16-10-22(3)12-20-16/h5-8,10-12H,4,9H2,1-3H3,(H,19,21). The van der Waals surface area contributed by atoms with Crippen molar-refractivity contribution in [2.24, 2.45) is 7.05 Å². The lowest BCUT2D eigenvalue weighted by molar-refractivity contribution is 0.0980. The number of amides is 1. The van der Waals surface area contributed by atoms with Gasteiger partial charge in [-0.05, 0) is 26.0 Å². The van der Waals surface area contributed by atoms with Crippen LogP contribution in [0.1, 0.15) is 28.7 Å². The molecule has 3 aromatic rings. The fourth-order valence-corrected chi connectivity index (χ4v) is 3.21. The summed E-state index contributed by atoms with van der Waals surface area (Å²) in [6.07, 6.45) is 3.36. The second-order valence-electron chi connectivity index (χ2n) is 5.83. The van der Waals surface area contributed by atoms with Crippen molar-refractivity contribution in [3.05, 3.63) is 59.1 Å². The van der Waals surface area contributed by atoms with E-state index < -0.39 is 0 Å². The minimum absolute atomic E-state index is 0.137. The van der Waals surface area contributed by atoms with Crippen molar-refractivity contribution >= 4 is 28.1 Å². The molecule has 7 heteroatoms. The fourth-order valence-electron chi connectivity index (χ4n) is 2.44. The SMILES string of the molecule is CCNc1nc(CN(C(=O)c2cn(C)cn2)c2ccc(C)cc2)cs1. The third-order valence-electron chi connectivity index (χ3n) is 3.71. The van der Waals surface area contributed by atoms with Crippen molar-refractivity contribution in [3.63, 3.8) is 0 Å². The van der Waals surface area contributed by atoms with Crippen LogP contribution in [-0.4, -0.2) is 27.0 Å². The van der Waals surface area contributed by atoms with Gasteiger partial charge in [-0.3, -0.25) is 4.79 Å². The predicted octanol–water partition coefficient (Wildman–Crippen LogP) is 3.46. The maximum atomic E-state index is 13.0. The number of nitrogens with zero attached hydrogens (tertiary/aromatic N) is 4. The van der Waals surface area contributed by atoms with E-state index in [0.717, 1.165) is 28.6 Å². The van der Waals surface area contributed by atoms with Crippen LogP contribution < -0.4 is 10.2 Å². The Morgan fingerprint density at radius 2 is 2.08 bits per heavy atom. The first kappa shape index (κ1) is 17.2. The summed E-state index contributed by atoms with van der Waals surface area (Å²) in [6, 6.07) is 7.90. The van der Waals surface area contributed by atoms with Crippen molar-refractivity contribution in [1.82, 2.24) is 14.5 Å². The number of rotatable bonds is 6. The van der Waals surface area contributed by atoms with Gasteiger partial charge in [0.2, 0.25) is 0 Å². The Hall–Kier alpha value is -2.67. The van der Waals surface area contributed by atoms with E-state index in [1.807, 2.05) is 50.5 Å². The number of benzene rings is 1. The molecule has 3 rings (SSSR count).